The van der Waals surface area contributed by atoms with Crippen LogP contribution in [0.4, 0.5) is 0 Å². The predicted molar refractivity (Wildman–Crippen MR) is 85.5 cm³/mol. The Labute approximate surface area is 126 Å². The average Bonchev–Trinajstić information content (AvgIpc) is 2.86. The van der Waals surface area contributed by atoms with Gasteiger partial charge in [0.25, 0.3) is 0 Å². The van der Waals surface area contributed by atoms with Crippen LogP contribution in [-0.4, -0.2) is 15.8 Å². The van der Waals surface area contributed by atoms with Crippen molar-refractivity contribution in [1.82, 2.24) is 9.78 Å². The molecule has 4 heteroatoms. The average molecular weight is 287 g/mol. The minimum Gasteiger partial charge on any atom is -0.487 e. The summed E-state index contributed by atoms with van der Waals surface area (Å²) in [5.74, 6) is 0.900. The molecule has 1 unspecified atom stereocenters. The lowest BCUT2D eigenvalue weighted by Crippen LogP contribution is -2.18. The van der Waals surface area contributed by atoms with Crippen molar-refractivity contribution in [2.24, 2.45) is 5.73 Å². The van der Waals surface area contributed by atoms with Crippen LogP contribution in [0.15, 0.2) is 30.5 Å². The van der Waals surface area contributed by atoms with Gasteiger partial charge in [0.1, 0.15) is 12.4 Å². The standard InChI is InChI=1S/C17H25N3O/c1-12(2)20-8-7-16(19-20)11-21-17-6-5-13(3)9-15(17)10-14(4)18/h5-9,12,14H,10-11,18H2,1-4H3. The van der Waals surface area contributed by atoms with Crippen molar-refractivity contribution >= 4 is 0 Å². The fraction of sp³-hybridized carbons (Fsp3) is 0.471. The molecule has 0 aliphatic rings. The van der Waals surface area contributed by atoms with Crippen molar-refractivity contribution in [3.63, 3.8) is 0 Å². The molecule has 4 nitrogen and oxygen atoms in total. The lowest BCUT2D eigenvalue weighted by molar-refractivity contribution is 0.295. The van der Waals surface area contributed by atoms with Crippen LogP contribution < -0.4 is 10.5 Å². The molecule has 0 saturated heterocycles. The van der Waals surface area contributed by atoms with Gasteiger partial charge >= 0.3 is 0 Å². The lowest BCUT2D eigenvalue weighted by Gasteiger charge is -2.13. The zero-order valence-corrected chi connectivity index (χ0v) is 13.3. The lowest BCUT2D eigenvalue weighted by atomic mass is 10.0. The molecule has 21 heavy (non-hydrogen) atoms. The molecule has 1 heterocycles. The Morgan fingerprint density at radius 3 is 2.62 bits per heavy atom. The van der Waals surface area contributed by atoms with Gasteiger partial charge in [0.05, 0.1) is 5.69 Å². The number of aryl methyl sites for hydroxylation is 1. The van der Waals surface area contributed by atoms with Crippen LogP contribution in [0.5, 0.6) is 5.75 Å². The van der Waals surface area contributed by atoms with Crippen LogP contribution in [0.25, 0.3) is 0 Å². The van der Waals surface area contributed by atoms with Crippen LogP contribution in [-0.2, 0) is 13.0 Å². The fourth-order valence-corrected chi connectivity index (χ4v) is 2.25. The summed E-state index contributed by atoms with van der Waals surface area (Å²) in [4.78, 5) is 0. The summed E-state index contributed by atoms with van der Waals surface area (Å²) >= 11 is 0. The molecule has 0 aliphatic carbocycles. The number of ether oxygens (including phenoxy) is 1. The van der Waals surface area contributed by atoms with E-state index >= 15 is 0 Å². The molecule has 0 spiro atoms. The summed E-state index contributed by atoms with van der Waals surface area (Å²) in [6, 6.07) is 8.71. The molecule has 1 aromatic carbocycles. The van der Waals surface area contributed by atoms with Gasteiger partial charge < -0.3 is 10.5 Å². The van der Waals surface area contributed by atoms with Gasteiger partial charge in [-0.1, -0.05) is 17.7 Å². The Bertz CT molecular complexity index is 587. The summed E-state index contributed by atoms with van der Waals surface area (Å²) in [5.41, 5.74) is 9.24. The highest BCUT2D eigenvalue weighted by Crippen LogP contribution is 2.22. The molecule has 1 atom stereocenters. The SMILES string of the molecule is Cc1ccc(OCc2ccn(C(C)C)n2)c(CC(C)N)c1. The van der Waals surface area contributed by atoms with Gasteiger partial charge in [-0.3, -0.25) is 4.68 Å². The summed E-state index contributed by atoms with van der Waals surface area (Å²) in [6.07, 6.45) is 2.80. The second-order valence-corrected chi connectivity index (χ2v) is 5.96. The molecule has 114 valence electrons. The number of hydrogen-bond acceptors (Lipinski definition) is 3. The Morgan fingerprint density at radius 1 is 1.24 bits per heavy atom. The Kier molecular flexibility index (Phi) is 5.02. The monoisotopic (exact) mass is 287 g/mol. The molecule has 0 saturated carbocycles. The minimum atomic E-state index is 0.120. The molecule has 0 radical (unpaired) electrons. The van der Waals surface area contributed by atoms with Gasteiger partial charge in [-0.25, -0.2) is 0 Å². The maximum Gasteiger partial charge on any atom is 0.132 e. The Hall–Kier alpha value is -1.81. The molecule has 2 N–H and O–H groups in total. The van der Waals surface area contributed by atoms with E-state index < -0.39 is 0 Å². The third-order valence-electron chi connectivity index (χ3n) is 3.33. The Morgan fingerprint density at radius 2 is 2.00 bits per heavy atom. The molecule has 0 fully saturated rings. The second kappa shape index (κ2) is 6.76. The van der Waals surface area contributed by atoms with E-state index in [1.165, 1.54) is 5.56 Å². The van der Waals surface area contributed by atoms with Gasteiger partial charge in [0.15, 0.2) is 0 Å². The van der Waals surface area contributed by atoms with Crippen LogP contribution in [0.1, 0.15) is 43.6 Å². The van der Waals surface area contributed by atoms with Gasteiger partial charge in [0.2, 0.25) is 0 Å². The molecule has 2 rings (SSSR count). The summed E-state index contributed by atoms with van der Waals surface area (Å²) in [7, 11) is 0. The first-order valence-corrected chi connectivity index (χ1v) is 7.47. The van der Waals surface area contributed by atoms with E-state index in [4.69, 9.17) is 10.5 Å². The highest BCUT2D eigenvalue weighted by atomic mass is 16.5. The number of rotatable bonds is 6. The quantitative estimate of drug-likeness (QED) is 0.887. The van der Waals surface area contributed by atoms with E-state index in [1.54, 1.807) is 0 Å². The molecule has 1 aromatic heterocycles. The van der Waals surface area contributed by atoms with Gasteiger partial charge in [-0.05, 0) is 51.8 Å². The first-order chi connectivity index (χ1) is 9.95. The van der Waals surface area contributed by atoms with Crippen molar-refractivity contribution < 1.29 is 4.74 Å². The molecular weight excluding hydrogens is 262 g/mol. The fourth-order valence-electron chi connectivity index (χ4n) is 2.25. The third-order valence-corrected chi connectivity index (χ3v) is 3.33. The molecule has 0 aliphatic heterocycles. The van der Waals surface area contributed by atoms with Crippen molar-refractivity contribution in [3.8, 4) is 5.75 Å². The summed E-state index contributed by atoms with van der Waals surface area (Å²) in [6.45, 7) is 8.79. The van der Waals surface area contributed by atoms with Crippen LogP contribution in [0.2, 0.25) is 0 Å². The normalized spacial score (nSPS) is 12.7. The Balaban J connectivity index is 2.08. The maximum absolute atomic E-state index is 5.94. The smallest absolute Gasteiger partial charge is 0.132 e. The van der Waals surface area contributed by atoms with E-state index in [2.05, 4.69) is 38.0 Å². The van der Waals surface area contributed by atoms with Crippen molar-refractivity contribution in [1.29, 1.82) is 0 Å². The first-order valence-electron chi connectivity index (χ1n) is 7.47. The minimum absolute atomic E-state index is 0.120. The zero-order valence-electron chi connectivity index (χ0n) is 13.3. The predicted octanol–water partition coefficient (Wildman–Crippen LogP) is 3.24. The van der Waals surface area contributed by atoms with E-state index in [0.29, 0.717) is 12.6 Å². The molecule has 0 amide bonds. The number of nitrogens with zero attached hydrogens (tertiary/aromatic N) is 2. The number of aromatic nitrogens is 2. The zero-order chi connectivity index (χ0) is 15.4. The van der Waals surface area contributed by atoms with E-state index in [-0.39, 0.29) is 6.04 Å². The van der Waals surface area contributed by atoms with Crippen molar-refractivity contribution in [2.45, 2.75) is 52.8 Å². The van der Waals surface area contributed by atoms with E-state index in [1.807, 2.05) is 29.9 Å². The largest absolute Gasteiger partial charge is 0.487 e. The van der Waals surface area contributed by atoms with Gasteiger partial charge in [-0.15, -0.1) is 0 Å². The van der Waals surface area contributed by atoms with E-state index in [9.17, 15) is 0 Å². The summed E-state index contributed by atoms with van der Waals surface area (Å²) < 4.78 is 7.88. The third kappa shape index (κ3) is 4.33. The van der Waals surface area contributed by atoms with Gasteiger partial charge in [-0.2, -0.15) is 5.10 Å². The maximum atomic E-state index is 5.94. The van der Waals surface area contributed by atoms with E-state index in [0.717, 1.165) is 23.4 Å². The van der Waals surface area contributed by atoms with Crippen LogP contribution >= 0.6 is 0 Å². The second-order valence-electron chi connectivity index (χ2n) is 5.96. The van der Waals surface area contributed by atoms with Crippen LogP contribution in [0, 0.1) is 6.92 Å². The first kappa shape index (κ1) is 15.6. The summed E-state index contributed by atoms with van der Waals surface area (Å²) in [5, 5.41) is 4.50. The molecular formula is C17H25N3O. The topological polar surface area (TPSA) is 53.1 Å². The number of nitrogens with two attached hydrogens (primary N) is 1. The van der Waals surface area contributed by atoms with Crippen molar-refractivity contribution in [3.05, 3.63) is 47.3 Å². The van der Waals surface area contributed by atoms with Gasteiger partial charge in [0, 0.05) is 18.3 Å². The number of benzene rings is 1. The molecule has 2 aromatic rings. The highest BCUT2D eigenvalue weighted by Gasteiger charge is 2.08. The highest BCUT2D eigenvalue weighted by molar-refractivity contribution is 5.37. The number of hydrogen-bond donors (Lipinski definition) is 1. The molecule has 0 bridgehead atoms. The van der Waals surface area contributed by atoms with Crippen LogP contribution in [0.3, 0.4) is 0 Å². The van der Waals surface area contributed by atoms with Crippen molar-refractivity contribution in [2.75, 3.05) is 0 Å².